The van der Waals surface area contributed by atoms with Gasteiger partial charge in [-0.25, -0.2) is 14.1 Å². The Morgan fingerprint density at radius 1 is 1.27 bits per heavy atom. The van der Waals surface area contributed by atoms with Crippen LogP contribution in [0.5, 0.6) is 0 Å². The number of benzene rings is 1. The Kier molecular flexibility index (Phi) is 6.04. The molecule has 2 amide bonds. The molecule has 1 aromatic carbocycles. The summed E-state index contributed by atoms with van der Waals surface area (Å²) in [5.74, 6) is -1.50. The number of nitrogens with one attached hydrogen (secondary N) is 2. The minimum absolute atomic E-state index is 0.177. The third kappa shape index (κ3) is 4.39. The van der Waals surface area contributed by atoms with Gasteiger partial charge in [-0.2, -0.15) is 5.10 Å². The number of carbonyl (C=O) groups excluding carboxylic acids is 2. The van der Waals surface area contributed by atoms with E-state index < -0.39 is 23.2 Å². The van der Waals surface area contributed by atoms with Crippen molar-refractivity contribution in [2.24, 2.45) is 5.73 Å². The number of hydrogen-bond donors (Lipinski definition) is 4. The third-order valence-electron chi connectivity index (χ3n) is 5.85. The topological polar surface area (TPSA) is 144 Å². The molecule has 0 unspecified atom stereocenters. The van der Waals surface area contributed by atoms with Crippen molar-refractivity contribution in [2.45, 2.75) is 25.3 Å². The number of thiazole rings is 1. The molecule has 6 N–H and O–H groups in total. The highest BCUT2D eigenvalue weighted by Crippen LogP contribution is 2.35. The lowest BCUT2D eigenvalue weighted by molar-refractivity contribution is -0.125. The number of likely N-dealkylation sites (N-methyl/N-ethyl adjacent to an activating group) is 1. The predicted molar refractivity (Wildman–Crippen MR) is 125 cm³/mol. The maximum Gasteiger partial charge on any atom is 0.275 e. The van der Waals surface area contributed by atoms with Crippen molar-refractivity contribution >= 4 is 40.2 Å². The molecule has 3 heterocycles. The van der Waals surface area contributed by atoms with E-state index in [1.165, 1.54) is 23.5 Å². The molecule has 1 aliphatic heterocycles. The van der Waals surface area contributed by atoms with Gasteiger partial charge in [0.15, 0.2) is 5.82 Å². The number of nitrogens with zero attached hydrogens (tertiary/aromatic N) is 4. The third-order valence-corrected chi connectivity index (χ3v) is 6.68. The van der Waals surface area contributed by atoms with Gasteiger partial charge >= 0.3 is 0 Å². The maximum absolute atomic E-state index is 15.0. The first-order valence-corrected chi connectivity index (χ1v) is 11.2. The van der Waals surface area contributed by atoms with Crippen molar-refractivity contribution in [1.82, 2.24) is 20.1 Å². The molecule has 0 spiro atoms. The van der Waals surface area contributed by atoms with Crippen LogP contribution in [0.15, 0.2) is 29.9 Å². The monoisotopic (exact) mass is 472 g/mol. The van der Waals surface area contributed by atoms with Crippen LogP contribution in [0.3, 0.4) is 0 Å². The van der Waals surface area contributed by atoms with Crippen LogP contribution in [-0.2, 0) is 4.79 Å². The number of piperidine rings is 1. The molecule has 0 aliphatic carbocycles. The molecule has 1 saturated heterocycles. The molecule has 1 aliphatic rings. The molecule has 0 bridgehead atoms. The quantitative estimate of drug-likeness (QED) is 0.399. The Bertz CT molecular complexity index is 1200. The van der Waals surface area contributed by atoms with Gasteiger partial charge in [0, 0.05) is 30.4 Å². The first kappa shape index (κ1) is 22.7. The lowest BCUT2D eigenvalue weighted by Gasteiger charge is -2.41. The number of rotatable bonds is 6. The molecule has 33 heavy (non-hydrogen) atoms. The molecule has 12 heteroatoms. The van der Waals surface area contributed by atoms with E-state index in [1.54, 1.807) is 34.4 Å². The second-order valence-corrected chi connectivity index (χ2v) is 8.85. The van der Waals surface area contributed by atoms with E-state index in [9.17, 15) is 9.59 Å². The van der Waals surface area contributed by atoms with E-state index in [1.807, 2.05) is 6.92 Å². The van der Waals surface area contributed by atoms with Gasteiger partial charge in [0.1, 0.15) is 11.2 Å². The molecule has 174 valence electrons. The number of nitrogen functional groups attached to an aromatic ring is 1. The molecule has 2 aromatic heterocycles. The lowest BCUT2D eigenvalue weighted by atomic mass is 9.86. The number of nitrogens with two attached hydrogens (primary N) is 2. The van der Waals surface area contributed by atoms with Gasteiger partial charge in [0.2, 0.25) is 11.0 Å². The molecule has 3 aromatic rings. The van der Waals surface area contributed by atoms with Crippen LogP contribution < -0.4 is 27.0 Å². The van der Waals surface area contributed by atoms with Crippen LogP contribution in [0.4, 0.5) is 21.5 Å². The molecule has 0 saturated carbocycles. The average Bonchev–Trinajstić information content (AvgIpc) is 3.43. The van der Waals surface area contributed by atoms with E-state index in [0.717, 1.165) is 5.56 Å². The van der Waals surface area contributed by atoms with Crippen LogP contribution in [-0.4, -0.2) is 52.3 Å². The van der Waals surface area contributed by atoms with Crippen molar-refractivity contribution in [3.05, 3.63) is 47.0 Å². The average molecular weight is 473 g/mol. The summed E-state index contributed by atoms with van der Waals surface area (Å²) >= 11 is 1.27. The van der Waals surface area contributed by atoms with E-state index in [4.69, 9.17) is 11.5 Å². The summed E-state index contributed by atoms with van der Waals surface area (Å²) in [6.45, 7) is 2.64. The summed E-state index contributed by atoms with van der Waals surface area (Å²) in [6, 6.07) is 2.72. The number of aromatic nitrogens is 3. The molecule has 1 fully saturated rings. The zero-order chi connectivity index (χ0) is 23.8. The SMILES string of the molecule is CNC1(C(N)=O)CCN(c2c(F)cc(N)cc2NC(=O)c2csc(-n3cc(C)cn3)n2)CC1. The van der Waals surface area contributed by atoms with Crippen molar-refractivity contribution in [1.29, 1.82) is 0 Å². The summed E-state index contributed by atoms with van der Waals surface area (Å²) in [7, 11) is 1.68. The van der Waals surface area contributed by atoms with Gasteiger partial charge in [-0.1, -0.05) is 0 Å². The van der Waals surface area contributed by atoms with Crippen LogP contribution in [0.2, 0.25) is 0 Å². The van der Waals surface area contributed by atoms with Crippen LogP contribution >= 0.6 is 11.3 Å². The number of aryl methyl sites for hydroxylation is 1. The fraction of sp³-hybridized carbons (Fsp3) is 0.333. The van der Waals surface area contributed by atoms with Gasteiger partial charge < -0.3 is 27.0 Å². The Balaban J connectivity index is 1.57. The maximum atomic E-state index is 15.0. The molecule has 0 radical (unpaired) electrons. The first-order valence-electron chi connectivity index (χ1n) is 10.3. The lowest BCUT2D eigenvalue weighted by Crippen LogP contribution is -2.59. The fourth-order valence-corrected chi connectivity index (χ4v) is 4.68. The zero-order valence-electron chi connectivity index (χ0n) is 18.3. The molecule has 4 rings (SSSR count). The van der Waals surface area contributed by atoms with Crippen molar-refractivity contribution < 1.29 is 14.0 Å². The minimum Gasteiger partial charge on any atom is -0.399 e. The van der Waals surface area contributed by atoms with E-state index >= 15 is 4.39 Å². The first-order chi connectivity index (χ1) is 15.7. The normalized spacial score (nSPS) is 15.4. The Morgan fingerprint density at radius 3 is 2.61 bits per heavy atom. The van der Waals surface area contributed by atoms with Gasteiger partial charge in [-0.05, 0) is 44.5 Å². The Hall–Kier alpha value is -3.51. The van der Waals surface area contributed by atoms with E-state index in [2.05, 4.69) is 20.7 Å². The van der Waals surface area contributed by atoms with E-state index in [-0.39, 0.29) is 22.8 Å². The summed E-state index contributed by atoms with van der Waals surface area (Å²) in [5, 5.41) is 12.1. The van der Waals surface area contributed by atoms with Crippen molar-refractivity contribution in [2.75, 3.05) is 36.1 Å². The molecule has 0 atom stereocenters. The predicted octanol–water partition coefficient (Wildman–Crippen LogP) is 1.65. The van der Waals surface area contributed by atoms with Crippen LogP contribution in [0.1, 0.15) is 28.9 Å². The van der Waals surface area contributed by atoms with Crippen LogP contribution in [0, 0.1) is 12.7 Å². The van der Waals surface area contributed by atoms with Gasteiger partial charge in [0.05, 0.1) is 17.6 Å². The number of anilines is 3. The highest BCUT2D eigenvalue weighted by atomic mass is 32.1. The van der Waals surface area contributed by atoms with Gasteiger partial charge in [-0.3, -0.25) is 9.59 Å². The summed E-state index contributed by atoms with van der Waals surface area (Å²) in [5.41, 5.74) is 12.4. The highest BCUT2D eigenvalue weighted by Gasteiger charge is 2.39. The second-order valence-electron chi connectivity index (χ2n) is 8.01. The molecular weight excluding hydrogens is 447 g/mol. The summed E-state index contributed by atoms with van der Waals surface area (Å²) in [4.78, 5) is 30.9. The fourth-order valence-electron chi connectivity index (χ4n) is 3.95. The standard InChI is InChI=1S/C21H25FN8O2S/c1-12-9-26-30(10-12)20-28-16(11-33-20)18(31)27-15-8-13(23)7-14(22)17(15)29-5-3-21(25-2,4-6-29)19(24)32/h7-11,25H,3-6,23H2,1-2H3,(H2,24,32)(H,27,31). The van der Waals surface area contributed by atoms with Gasteiger partial charge in [0.25, 0.3) is 5.91 Å². The second kappa shape index (κ2) is 8.79. The number of primary amides is 1. The molecule has 10 nitrogen and oxygen atoms in total. The number of carbonyl (C=O) groups is 2. The van der Waals surface area contributed by atoms with Crippen LogP contribution in [0.25, 0.3) is 5.13 Å². The van der Waals surface area contributed by atoms with Crippen molar-refractivity contribution in [3.63, 3.8) is 0 Å². The number of hydrogen-bond acceptors (Lipinski definition) is 8. The zero-order valence-corrected chi connectivity index (χ0v) is 19.1. The number of amides is 2. The van der Waals surface area contributed by atoms with Gasteiger partial charge in [-0.15, -0.1) is 11.3 Å². The highest BCUT2D eigenvalue weighted by molar-refractivity contribution is 7.12. The van der Waals surface area contributed by atoms with E-state index in [0.29, 0.717) is 31.1 Å². The molecular formula is C21H25FN8O2S. The minimum atomic E-state index is -0.841. The number of halogens is 1. The summed E-state index contributed by atoms with van der Waals surface area (Å²) in [6.07, 6.45) is 4.30. The summed E-state index contributed by atoms with van der Waals surface area (Å²) < 4.78 is 16.6. The van der Waals surface area contributed by atoms with Crippen molar-refractivity contribution in [3.8, 4) is 5.13 Å². The smallest absolute Gasteiger partial charge is 0.275 e. The largest absolute Gasteiger partial charge is 0.399 e. The Morgan fingerprint density at radius 2 is 2.00 bits per heavy atom. The Labute approximate surface area is 193 Å².